The van der Waals surface area contributed by atoms with Crippen LogP contribution in [0, 0.1) is 10.5 Å². The van der Waals surface area contributed by atoms with E-state index >= 15 is 0 Å². The second kappa shape index (κ2) is 6.22. The highest BCUT2D eigenvalue weighted by atomic mass is 127. The van der Waals surface area contributed by atoms with E-state index in [4.69, 9.17) is 0 Å². The summed E-state index contributed by atoms with van der Waals surface area (Å²) in [6.45, 7) is 6.10. The summed E-state index contributed by atoms with van der Waals surface area (Å²) in [6, 6.07) is 6.43. The van der Waals surface area contributed by atoms with E-state index in [1.807, 2.05) is 12.4 Å². The van der Waals surface area contributed by atoms with E-state index in [0.717, 1.165) is 31.0 Å². The van der Waals surface area contributed by atoms with E-state index in [1.54, 1.807) is 0 Å². The molecule has 2 rings (SSSR count). The number of nitrogens with zero attached hydrogens (tertiary/aromatic N) is 2. The van der Waals surface area contributed by atoms with Crippen molar-refractivity contribution in [3.05, 3.63) is 45.6 Å². The average molecular weight is 355 g/mol. The van der Waals surface area contributed by atoms with E-state index in [2.05, 4.69) is 69.5 Å². The van der Waals surface area contributed by atoms with Crippen molar-refractivity contribution in [2.45, 2.75) is 33.4 Å². The van der Waals surface area contributed by atoms with Crippen LogP contribution >= 0.6 is 22.6 Å². The zero-order valence-corrected chi connectivity index (χ0v) is 12.9. The van der Waals surface area contributed by atoms with Crippen molar-refractivity contribution in [2.75, 3.05) is 5.32 Å². The number of anilines is 1. The van der Waals surface area contributed by atoms with Crippen molar-refractivity contribution in [2.24, 2.45) is 0 Å². The minimum Gasteiger partial charge on any atom is -0.378 e. The Hall–Kier alpha value is -1.04. The number of hydrogen-bond acceptors (Lipinski definition) is 2. The fraction of sp³-hybridized carbons (Fsp3) is 0.357. The summed E-state index contributed by atoms with van der Waals surface area (Å²) in [4.78, 5) is 4.39. The summed E-state index contributed by atoms with van der Waals surface area (Å²) in [5.74, 6) is 1.09. The van der Waals surface area contributed by atoms with Crippen LogP contribution in [0.3, 0.4) is 0 Å². The van der Waals surface area contributed by atoms with Crippen molar-refractivity contribution in [3.63, 3.8) is 0 Å². The third-order valence-corrected chi connectivity index (χ3v) is 4.05. The lowest BCUT2D eigenvalue weighted by atomic mass is 10.2. The zero-order valence-electron chi connectivity index (χ0n) is 10.8. The molecule has 3 nitrogen and oxygen atoms in total. The van der Waals surface area contributed by atoms with Crippen LogP contribution in [0.4, 0.5) is 5.69 Å². The maximum absolute atomic E-state index is 4.39. The lowest BCUT2D eigenvalue weighted by Gasteiger charge is -2.09. The molecule has 0 unspecified atom stereocenters. The maximum Gasteiger partial charge on any atom is 0.128 e. The number of benzene rings is 1. The van der Waals surface area contributed by atoms with Crippen LogP contribution in [0.1, 0.15) is 24.7 Å². The van der Waals surface area contributed by atoms with Crippen LogP contribution in [0.5, 0.6) is 0 Å². The second-order valence-corrected chi connectivity index (χ2v) is 5.52. The van der Waals surface area contributed by atoms with Crippen LogP contribution in [0.15, 0.2) is 30.6 Å². The van der Waals surface area contributed by atoms with E-state index < -0.39 is 0 Å². The number of rotatable bonds is 5. The molecule has 96 valence electrons. The Kier molecular flexibility index (Phi) is 4.63. The van der Waals surface area contributed by atoms with Gasteiger partial charge in [-0.2, -0.15) is 0 Å². The number of halogens is 1. The highest BCUT2D eigenvalue weighted by Crippen LogP contribution is 2.17. The average Bonchev–Trinajstić information content (AvgIpc) is 2.79. The summed E-state index contributed by atoms with van der Waals surface area (Å²) in [7, 11) is 0. The van der Waals surface area contributed by atoms with Crippen molar-refractivity contribution >= 4 is 28.3 Å². The Bertz CT molecular complexity index is 520. The van der Waals surface area contributed by atoms with Crippen LogP contribution in [-0.2, 0) is 13.1 Å². The second-order valence-electron chi connectivity index (χ2n) is 4.35. The standard InChI is InChI=1S/C14H18IN3/c1-3-7-18-8-6-16-14(18)10-17-12-5-4-11(2)13(15)9-12/h4-6,8-9,17H,3,7,10H2,1-2H3. The van der Waals surface area contributed by atoms with Gasteiger partial charge in [-0.15, -0.1) is 0 Å². The van der Waals surface area contributed by atoms with Crippen molar-refractivity contribution in [3.8, 4) is 0 Å². The first kappa shape index (κ1) is 13.4. The van der Waals surface area contributed by atoms with Crippen LogP contribution in [-0.4, -0.2) is 9.55 Å². The van der Waals surface area contributed by atoms with Gasteiger partial charge in [0.05, 0.1) is 6.54 Å². The van der Waals surface area contributed by atoms with Gasteiger partial charge in [0.2, 0.25) is 0 Å². The van der Waals surface area contributed by atoms with Crippen LogP contribution in [0.2, 0.25) is 0 Å². The molecule has 1 aromatic heterocycles. The molecule has 0 bridgehead atoms. The zero-order chi connectivity index (χ0) is 13.0. The van der Waals surface area contributed by atoms with Gasteiger partial charge in [-0.05, 0) is 53.6 Å². The maximum atomic E-state index is 4.39. The van der Waals surface area contributed by atoms with Gasteiger partial charge in [-0.3, -0.25) is 0 Å². The van der Waals surface area contributed by atoms with Crippen molar-refractivity contribution in [1.82, 2.24) is 9.55 Å². The molecule has 0 saturated carbocycles. The summed E-state index contributed by atoms with van der Waals surface area (Å²) < 4.78 is 3.49. The monoisotopic (exact) mass is 355 g/mol. The summed E-state index contributed by atoms with van der Waals surface area (Å²) in [5.41, 5.74) is 2.46. The first-order valence-corrected chi connectivity index (χ1v) is 7.28. The highest BCUT2D eigenvalue weighted by molar-refractivity contribution is 14.1. The number of hydrogen-bond donors (Lipinski definition) is 1. The van der Waals surface area contributed by atoms with E-state index in [1.165, 1.54) is 9.13 Å². The molecule has 0 aliphatic carbocycles. The predicted molar refractivity (Wildman–Crippen MR) is 83.7 cm³/mol. The molecule has 0 aliphatic rings. The largest absolute Gasteiger partial charge is 0.378 e. The molecule has 0 atom stereocenters. The van der Waals surface area contributed by atoms with Crippen LogP contribution in [0.25, 0.3) is 0 Å². The molecule has 2 aromatic rings. The van der Waals surface area contributed by atoms with Gasteiger partial charge in [-0.1, -0.05) is 13.0 Å². The molecule has 0 fully saturated rings. The third-order valence-electron chi connectivity index (χ3n) is 2.89. The molecule has 0 amide bonds. The van der Waals surface area contributed by atoms with Gasteiger partial charge in [-0.25, -0.2) is 4.98 Å². The Balaban J connectivity index is 2.02. The molecule has 18 heavy (non-hydrogen) atoms. The quantitative estimate of drug-likeness (QED) is 0.827. The first-order valence-electron chi connectivity index (χ1n) is 6.20. The molecular formula is C14H18IN3. The lowest BCUT2D eigenvalue weighted by molar-refractivity contribution is 0.644. The van der Waals surface area contributed by atoms with Gasteiger partial charge in [0.1, 0.15) is 5.82 Å². The van der Waals surface area contributed by atoms with E-state index in [-0.39, 0.29) is 0 Å². The minimum absolute atomic E-state index is 0.770. The van der Waals surface area contributed by atoms with Crippen molar-refractivity contribution < 1.29 is 0 Å². The molecule has 4 heteroatoms. The van der Waals surface area contributed by atoms with Gasteiger partial charge < -0.3 is 9.88 Å². The Morgan fingerprint density at radius 2 is 2.22 bits per heavy atom. The summed E-state index contributed by atoms with van der Waals surface area (Å²) in [6.07, 6.45) is 5.04. The van der Waals surface area contributed by atoms with E-state index in [9.17, 15) is 0 Å². The molecule has 0 spiro atoms. The minimum atomic E-state index is 0.770. The molecule has 1 aromatic carbocycles. The fourth-order valence-electron chi connectivity index (χ4n) is 1.84. The number of nitrogens with one attached hydrogen (secondary N) is 1. The molecule has 0 radical (unpaired) electrons. The number of imidazole rings is 1. The molecular weight excluding hydrogens is 337 g/mol. The predicted octanol–water partition coefficient (Wildman–Crippen LogP) is 3.82. The molecule has 0 aliphatic heterocycles. The van der Waals surface area contributed by atoms with Gasteiger partial charge in [0, 0.05) is 28.2 Å². The SMILES string of the molecule is CCCn1ccnc1CNc1ccc(C)c(I)c1. The first-order chi connectivity index (χ1) is 8.70. The Morgan fingerprint density at radius 1 is 1.39 bits per heavy atom. The molecule has 1 N–H and O–H groups in total. The molecule has 1 heterocycles. The summed E-state index contributed by atoms with van der Waals surface area (Å²) in [5, 5.41) is 3.43. The van der Waals surface area contributed by atoms with Crippen LogP contribution < -0.4 is 5.32 Å². The third kappa shape index (κ3) is 3.25. The van der Waals surface area contributed by atoms with Gasteiger partial charge >= 0.3 is 0 Å². The van der Waals surface area contributed by atoms with Crippen molar-refractivity contribution in [1.29, 1.82) is 0 Å². The normalized spacial score (nSPS) is 10.6. The Labute approximate surface area is 122 Å². The molecule has 0 saturated heterocycles. The Morgan fingerprint density at radius 3 is 2.94 bits per heavy atom. The van der Waals surface area contributed by atoms with Gasteiger partial charge in [0.15, 0.2) is 0 Å². The lowest BCUT2D eigenvalue weighted by Crippen LogP contribution is -2.08. The number of aryl methyl sites for hydroxylation is 2. The smallest absolute Gasteiger partial charge is 0.128 e. The fourth-order valence-corrected chi connectivity index (χ4v) is 2.35. The summed E-state index contributed by atoms with van der Waals surface area (Å²) >= 11 is 2.36. The van der Waals surface area contributed by atoms with Gasteiger partial charge in [0.25, 0.3) is 0 Å². The topological polar surface area (TPSA) is 29.9 Å². The van der Waals surface area contributed by atoms with E-state index in [0.29, 0.717) is 0 Å². The highest BCUT2D eigenvalue weighted by Gasteiger charge is 2.02. The number of aromatic nitrogens is 2.